The largest absolute Gasteiger partial charge is 0.480 e. The van der Waals surface area contributed by atoms with Crippen LogP contribution in [0, 0.1) is 0 Å². The number of primary amides is 1. The number of carbonyl (C=O) groups is 4. The summed E-state index contributed by atoms with van der Waals surface area (Å²) in [5.41, 5.74) is 22.2. The fourth-order valence-corrected chi connectivity index (χ4v) is 2.81. The third kappa shape index (κ3) is 10.4. The van der Waals surface area contributed by atoms with E-state index in [1.807, 2.05) is 0 Å². The van der Waals surface area contributed by atoms with E-state index in [9.17, 15) is 24.3 Å². The van der Waals surface area contributed by atoms with Crippen molar-refractivity contribution in [3.63, 3.8) is 0 Å². The number of nitrogens with one attached hydrogen (secondary N) is 2. The highest BCUT2D eigenvalue weighted by Crippen LogP contribution is 2.06. The topological polar surface area (TPSA) is 229 Å². The molecule has 32 heavy (non-hydrogen) atoms. The Labute approximate surface area is 185 Å². The molecule has 0 aromatic heterocycles. The molecule has 0 saturated heterocycles. The van der Waals surface area contributed by atoms with Gasteiger partial charge in [-0.3, -0.25) is 19.4 Å². The summed E-state index contributed by atoms with van der Waals surface area (Å²) >= 11 is 0. The third-order valence-corrected chi connectivity index (χ3v) is 4.51. The number of rotatable bonds is 14. The van der Waals surface area contributed by atoms with E-state index < -0.39 is 41.8 Å². The second kappa shape index (κ2) is 13.6. The fourth-order valence-electron chi connectivity index (χ4n) is 2.81. The number of nitrogens with zero attached hydrogens (tertiary/aromatic N) is 1. The Balaban J connectivity index is 2.78. The molecule has 1 aromatic carbocycles. The zero-order valence-electron chi connectivity index (χ0n) is 17.7. The van der Waals surface area contributed by atoms with Gasteiger partial charge in [0.1, 0.15) is 12.1 Å². The Morgan fingerprint density at radius 3 is 2.12 bits per heavy atom. The molecular formula is C20H31N7O5. The van der Waals surface area contributed by atoms with Crippen LogP contribution in [0.1, 0.15) is 31.2 Å². The summed E-state index contributed by atoms with van der Waals surface area (Å²) in [6.45, 7) is 0.286. The van der Waals surface area contributed by atoms with Crippen molar-refractivity contribution in [2.75, 3.05) is 6.54 Å². The highest BCUT2D eigenvalue weighted by molar-refractivity contribution is 5.92. The zero-order chi connectivity index (χ0) is 24.1. The van der Waals surface area contributed by atoms with Gasteiger partial charge in [-0.2, -0.15) is 0 Å². The van der Waals surface area contributed by atoms with Gasteiger partial charge in [0.25, 0.3) is 0 Å². The van der Waals surface area contributed by atoms with E-state index in [0.29, 0.717) is 12.0 Å². The van der Waals surface area contributed by atoms with Crippen molar-refractivity contribution in [1.29, 1.82) is 0 Å². The summed E-state index contributed by atoms with van der Waals surface area (Å²) < 4.78 is 0. The second-order valence-electron chi connectivity index (χ2n) is 7.21. The highest BCUT2D eigenvalue weighted by atomic mass is 16.4. The number of carboxylic acids is 1. The third-order valence-electron chi connectivity index (χ3n) is 4.51. The lowest BCUT2D eigenvalue weighted by Crippen LogP contribution is -2.55. The van der Waals surface area contributed by atoms with Crippen molar-refractivity contribution in [2.24, 2.45) is 27.9 Å². The summed E-state index contributed by atoms with van der Waals surface area (Å²) in [6, 6.07) is 5.38. The van der Waals surface area contributed by atoms with E-state index in [2.05, 4.69) is 15.6 Å². The van der Waals surface area contributed by atoms with E-state index in [4.69, 9.17) is 22.9 Å². The maximum atomic E-state index is 12.7. The number of amides is 3. The molecule has 0 aliphatic rings. The van der Waals surface area contributed by atoms with Gasteiger partial charge in [-0.1, -0.05) is 30.3 Å². The number of carboxylic acid groups (broad SMARTS) is 1. The molecule has 176 valence electrons. The average molecular weight is 450 g/mol. The van der Waals surface area contributed by atoms with Crippen LogP contribution in [0.4, 0.5) is 0 Å². The number of hydrogen-bond acceptors (Lipinski definition) is 6. The average Bonchev–Trinajstić information content (AvgIpc) is 2.73. The van der Waals surface area contributed by atoms with Gasteiger partial charge in [0.15, 0.2) is 5.96 Å². The van der Waals surface area contributed by atoms with Crippen LogP contribution in [0.2, 0.25) is 0 Å². The molecule has 0 aliphatic heterocycles. The summed E-state index contributed by atoms with van der Waals surface area (Å²) in [5.74, 6) is -3.36. The van der Waals surface area contributed by atoms with Crippen LogP contribution in [-0.2, 0) is 25.6 Å². The molecule has 12 nitrogen and oxygen atoms in total. The molecule has 0 aliphatic carbocycles. The van der Waals surface area contributed by atoms with Crippen LogP contribution >= 0.6 is 0 Å². The molecule has 1 aromatic rings. The number of guanidine groups is 1. The number of aliphatic carboxylic acids is 1. The van der Waals surface area contributed by atoms with Gasteiger partial charge in [0.2, 0.25) is 17.7 Å². The summed E-state index contributed by atoms with van der Waals surface area (Å²) in [7, 11) is 0. The van der Waals surface area contributed by atoms with Crippen molar-refractivity contribution < 1.29 is 24.3 Å². The molecule has 0 heterocycles. The zero-order valence-corrected chi connectivity index (χ0v) is 17.7. The van der Waals surface area contributed by atoms with Crippen LogP contribution in [0.25, 0.3) is 0 Å². The van der Waals surface area contributed by atoms with Crippen molar-refractivity contribution >= 4 is 29.7 Å². The van der Waals surface area contributed by atoms with Crippen LogP contribution < -0.4 is 33.6 Å². The fraction of sp³-hybridized carbons (Fsp3) is 0.450. The SMILES string of the molecule is NC(=O)CC[C@H](NC(=O)[C@@H](N)CCCN=C(N)N)C(=O)N[C@@H](Cc1ccccc1)C(=O)O. The standard InChI is InChI=1S/C20H31N7O5/c21-13(7-4-10-25-20(23)24)17(29)26-14(8-9-16(22)28)18(30)27-15(19(31)32)11-12-5-2-1-3-6-12/h1-3,5-6,13-15H,4,7-11,21H2,(H2,22,28)(H,26,29)(H,27,30)(H,31,32)(H4,23,24,25)/t13-,14-,15-/m0/s1. The summed E-state index contributed by atoms with van der Waals surface area (Å²) in [6.07, 6.45) is 0.434. The molecule has 0 saturated carbocycles. The number of carbonyl (C=O) groups excluding carboxylic acids is 3. The van der Waals surface area contributed by atoms with Crippen LogP contribution in [0.5, 0.6) is 0 Å². The summed E-state index contributed by atoms with van der Waals surface area (Å²) in [5, 5.41) is 14.4. The Morgan fingerprint density at radius 1 is 0.938 bits per heavy atom. The van der Waals surface area contributed by atoms with Gasteiger partial charge in [-0.05, 0) is 24.8 Å². The molecule has 0 fully saturated rings. The van der Waals surface area contributed by atoms with E-state index in [0.717, 1.165) is 0 Å². The monoisotopic (exact) mass is 449 g/mol. The first-order valence-corrected chi connectivity index (χ1v) is 10.1. The smallest absolute Gasteiger partial charge is 0.326 e. The molecular weight excluding hydrogens is 418 g/mol. The molecule has 3 amide bonds. The lowest BCUT2D eigenvalue weighted by atomic mass is 10.0. The first-order chi connectivity index (χ1) is 15.1. The van der Waals surface area contributed by atoms with E-state index >= 15 is 0 Å². The first-order valence-electron chi connectivity index (χ1n) is 10.1. The predicted octanol–water partition coefficient (Wildman–Crippen LogP) is -2.07. The lowest BCUT2D eigenvalue weighted by Gasteiger charge is -2.22. The molecule has 3 atom stereocenters. The van der Waals surface area contributed by atoms with E-state index in [1.54, 1.807) is 30.3 Å². The maximum absolute atomic E-state index is 12.7. The van der Waals surface area contributed by atoms with Gasteiger partial charge in [0.05, 0.1) is 6.04 Å². The minimum atomic E-state index is -1.24. The highest BCUT2D eigenvalue weighted by Gasteiger charge is 2.28. The summed E-state index contributed by atoms with van der Waals surface area (Å²) in [4.78, 5) is 51.7. The van der Waals surface area contributed by atoms with Gasteiger partial charge in [-0.25, -0.2) is 4.79 Å². The van der Waals surface area contributed by atoms with Crippen molar-refractivity contribution in [1.82, 2.24) is 10.6 Å². The maximum Gasteiger partial charge on any atom is 0.326 e. The number of nitrogens with two attached hydrogens (primary N) is 4. The van der Waals surface area contributed by atoms with Gasteiger partial charge in [-0.15, -0.1) is 0 Å². The number of aliphatic imine (C=N–C) groups is 1. The number of hydrogen-bond donors (Lipinski definition) is 7. The molecule has 0 radical (unpaired) electrons. The minimum absolute atomic E-state index is 0.0443. The molecule has 1 rings (SSSR count). The van der Waals surface area contributed by atoms with E-state index in [1.165, 1.54) is 0 Å². The Morgan fingerprint density at radius 2 is 1.56 bits per heavy atom. The quantitative estimate of drug-likeness (QED) is 0.0945. The minimum Gasteiger partial charge on any atom is -0.480 e. The van der Waals surface area contributed by atoms with Gasteiger partial charge < -0.3 is 38.7 Å². The molecule has 12 heteroatoms. The van der Waals surface area contributed by atoms with Crippen molar-refractivity contribution in [2.45, 2.75) is 50.2 Å². The Hall–Kier alpha value is -3.67. The molecule has 11 N–H and O–H groups in total. The molecule has 0 unspecified atom stereocenters. The van der Waals surface area contributed by atoms with Crippen molar-refractivity contribution in [3.8, 4) is 0 Å². The van der Waals surface area contributed by atoms with Gasteiger partial charge >= 0.3 is 5.97 Å². The first kappa shape index (κ1) is 26.4. The molecule has 0 spiro atoms. The van der Waals surface area contributed by atoms with Gasteiger partial charge in [0, 0.05) is 19.4 Å². The predicted molar refractivity (Wildman–Crippen MR) is 118 cm³/mol. The molecule has 0 bridgehead atoms. The normalized spacial score (nSPS) is 13.3. The number of benzene rings is 1. The Kier molecular flexibility index (Phi) is 11.2. The van der Waals surface area contributed by atoms with Crippen molar-refractivity contribution in [3.05, 3.63) is 35.9 Å². The lowest BCUT2D eigenvalue weighted by molar-refractivity contribution is -0.142. The van der Waals surface area contributed by atoms with Crippen LogP contribution in [0.15, 0.2) is 35.3 Å². The second-order valence-corrected chi connectivity index (χ2v) is 7.21. The van der Waals surface area contributed by atoms with Crippen LogP contribution in [0.3, 0.4) is 0 Å². The Bertz CT molecular complexity index is 812. The van der Waals surface area contributed by atoms with E-state index in [-0.39, 0.29) is 38.2 Å². The van der Waals surface area contributed by atoms with Crippen LogP contribution in [-0.4, -0.2) is 59.4 Å².